The molecule has 0 N–H and O–H groups in total. The SMILES string of the molecule is Cc1cccc2nc(C(=O)OCC(=O)c3cccn3C)cn12. The maximum atomic E-state index is 12.0. The van der Waals surface area contributed by atoms with Crippen molar-refractivity contribution in [3.63, 3.8) is 0 Å². The number of pyridine rings is 1. The van der Waals surface area contributed by atoms with Crippen LogP contribution in [0.25, 0.3) is 5.65 Å². The standard InChI is InChI=1S/C16H15N3O3/c1-11-5-3-7-15-17-12(9-19(11)15)16(21)22-10-14(20)13-6-4-8-18(13)2/h3-9H,10H2,1-2H3. The van der Waals surface area contributed by atoms with Crippen LogP contribution in [0.2, 0.25) is 0 Å². The van der Waals surface area contributed by atoms with Gasteiger partial charge in [-0.1, -0.05) is 6.07 Å². The Hall–Kier alpha value is -2.89. The van der Waals surface area contributed by atoms with Crippen LogP contribution in [0.5, 0.6) is 0 Å². The zero-order chi connectivity index (χ0) is 15.7. The van der Waals surface area contributed by atoms with Crippen molar-refractivity contribution in [3.8, 4) is 0 Å². The predicted molar refractivity (Wildman–Crippen MR) is 80.0 cm³/mol. The number of Topliss-reactive ketones (excluding diaryl/α,β-unsaturated/α-hetero) is 1. The average Bonchev–Trinajstić information content (AvgIpc) is 3.11. The number of hydrogen-bond acceptors (Lipinski definition) is 4. The molecule has 0 bridgehead atoms. The summed E-state index contributed by atoms with van der Waals surface area (Å²) in [7, 11) is 1.76. The van der Waals surface area contributed by atoms with Gasteiger partial charge in [-0.05, 0) is 31.2 Å². The molecule has 3 rings (SSSR count). The van der Waals surface area contributed by atoms with Crippen LogP contribution in [-0.4, -0.2) is 32.3 Å². The number of carbonyl (C=O) groups is 2. The molecule has 0 radical (unpaired) electrons. The van der Waals surface area contributed by atoms with Gasteiger partial charge in [0.2, 0.25) is 5.78 Å². The number of imidazole rings is 1. The minimum Gasteiger partial charge on any atom is -0.452 e. The van der Waals surface area contributed by atoms with Gasteiger partial charge >= 0.3 is 5.97 Å². The van der Waals surface area contributed by atoms with E-state index in [9.17, 15) is 9.59 Å². The molecule has 3 aromatic heterocycles. The molecule has 0 spiro atoms. The number of esters is 1. The van der Waals surface area contributed by atoms with Gasteiger partial charge in [-0.25, -0.2) is 9.78 Å². The fourth-order valence-electron chi connectivity index (χ4n) is 2.28. The van der Waals surface area contributed by atoms with E-state index in [0.717, 1.165) is 5.69 Å². The van der Waals surface area contributed by atoms with Crippen LogP contribution >= 0.6 is 0 Å². The Bertz CT molecular complexity index is 861. The van der Waals surface area contributed by atoms with Gasteiger partial charge in [0.1, 0.15) is 5.65 Å². The Labute approximate surface area is 127 Å². The number of ketones is 1. The maximum absolute atomic E-state index is 12.0. The maximum Gasteiger partial charge on any atom is 0.359 e. The number of hydrogen-bond donors (Lipinski definition) is 0. The number of aryl methyl sites for hydroxylation is 2. The minimum absolute atomic E-state index is 0.189. The molecule has 0 aromatic carbocycles. The number of rotatable bonds is 4. The summed E-state index contributed by atoms with van der Waals surface area (Å²) >= 11 is 0. The first-order valence-electron chi connectivity index (χ1n) is 6.82. The Morgan fingerprint density at radius 3 is 2.73 bits per heavy atom. The van der Waals surface area contributed by atoms with Gasteiger partial charge in [-0.15, -0.1) is 0 Å². The lowest BCUT2D eigenvalue weighted by Gasteiger charge is -2.03. The van der Waals surface area contributed by atoms with Crippen LogP contribution in [0.4, 0.5) is 0 Å². The van der Waals surface area contributed by atoms with Crippen LogP contribution in [0.3, 0.4) is 0 Å². The van der Waals surface area contributed by atoms with Gasteiger partial charge in [-0.2, -0.15) is 0 Å². The number of aromatic nitrogens is 3. The van der Waals surface area contributed by atoms with E-state index in [1.807, 2.05) is 19.1 Å². The Kier molecular flexibility index (Phi) is 3.50. The van der Waals surface area contributed by atoms with Crippen LogP contribution in [-0.2, 0) is 11.8 Å². The lowest BCUT2D eigenvalue weighted by molar-refractivity contribution is 0.0467. The normalized spacial score (nSPS) is 10.8. The van der Waals surface area contributed by atoms with Gasteiger partial charge in [0.05, 0.1) is 5.69 Å². The molecule has 6 nitrogen and oxygen atoms in total. The third kappa shape index (κ3) is 2.50. The van der Waals surface area contributed by atoms with Crippen LogP contribution in [0, 0.1) is 6.92 Å². The molecule has 3 aromatic rings. The summed E-state index contributed by atoms with van der Waals surface area (Å²) in [4.78, 5) is 28.2. The quantitative estimate of drug-likeness (QED) is 0.546. The van der Waals surface area contributed by atoms with E-state index in [-0.39, 0.29) is 18.1 Å². The molecule has 3 heterocycles. The first kappa shape index (κ1) is 14.1. The van der Waals surface area contributed by atoms with Gasteiger partial charge in [-0.3, -0.25) is 4.79 Å². The predicted octanol–water partition coefficient (Wildman–Crippen LogP) is 2.02. The number of fused-ring (bicyclic) bond motifs is 1. The summed E-state index contributed by atoms with van der Waals surface area (Å²) in [6.45, 7) is 1.62. The van der Waals surface area contributed by atoms with Crippen LogP contribution in [0.1, 0.15) is 26.7 Å². The average molecular weight is 297 g/mol. The molecule has 0 saturated carbocycles. The third-order valence-corrected chi connectivity index (χ3v) is 3.47. The van der Waals surface area contributed by atoms with E-state index in [1.54, 1.807) is 46.6 Å². The van der Waals surface area contributed by atoms with Crippen molar-refractivity contribution >= 4 is 17.4 Å². The van der Waals surface area contributed by atoms with Crippen molar-refractivity contribution in [2.75, 3.05) is 6.61 Å². The Balaban J connectivity index is 1.72. The lowest BCUT2D eigenvalue weighted by atomic mass is 10.3. The molecule has 0 saturated heterocycles. The fraction of sp³-hybridized carbons (Fsp3) is 0.188. The van der Waals surface area contributed by atoms with Crippen molar-refractivity contribution in [1.29, 1.82) is 0 Å². The molecule has 0 amide bonds. The molecule has 112 valence electrons. The summed E-state index contributed by atoms with van der Waals surface area (Å²) in [6, 6.07) is 9.04. The molecule has 0 aliphatic carbocycles. The summed E-state index contributed by atoms with van der Waals surface area (Å²) < 4.78 is 8.55. The van der Waals surface area contributed by atoms with E-state index >= 15 is 0 Å². The number of ether oxygens (including phenoxy) is 1. The fourth-order valence-corrected chi connectivity index (χ4v) is 2.28. The van der Waals surface area contributed by atoms with Crippen molar-refractivity contribution in [1.82, 2.24) is 14.0 Å². The molecule has 0 fully saturated rings. The second-order valence-electron chi connectivity index (χ2n) is 5.03. The molecule has 0 aliphatic heterocycles. The molecule has 6 heteroatoms. The van der Waals surface area contributed by atoms with Crippen molar-refractivity contribution < 1.29 is 14.3 Å². The van der Waals surface area contributed by atoms with Crippen molar-refractivity contribution in [2.45, 2.75) is 6.92 Å². The summed E-state index contributed by atoms with van der Waals surface area (Å²) in [5, 5.41) is 0. The van der Waals surface area contributed by atoms with Crippen molar-refractivity contribution in [3.05, 3.63) is 59.8 Å². The minimum atomic E-state index is -0.606. The lowest BCUT2D eigenvalue weighted by Crippen LogP contribution is -2.16. The second-order valence-corrected chi connectivity index (χ2v) is 5.03. The monoisotopic (exact) mass is 297 g/mol. The first-order chi connectivity index (χ1) is 10.6. The third-order valence-electron chi connectivity index (χ3n) is 3.47. The zero-order valence-electron chi connectivity index (χ0n) is 12.3. The van der Waals surface area contributed by atoms with Gasteiger partial charge < -0.3 is 13.7 Å². The molecule has 0 atom stereocenters. The molecule has 22 heavy (non-hydrogen) atoms. The van der Waals surface area contributed by atoms with Crippen LogP contribution < -0.4 is 0 Å². The highest BCUT2D eigenvalue weighted by Gasteiger charge is 2.16. The van der Waals surface area contributed by atoms with E-state index in [2.05, 4.69) is 4.98 Å². The molecule has 0 aliphatic rings. The van der Waals surface area contributed by atoms with E-state index in [4.69, 9.17) is 4.74 Å². The summed E-state index contributed by atoms with van der Waals surface area (Å²) in [5.41, 5.74) is 2.32. The van der Waals surface area contributed by atoms with E-state index < -0.39 is 5.97 Å². The Morgan fingerprint density at radius 1 is 1.23 bits per heavy atom. The highest BCUT2D eigenvalue weighted by atomic mass is 16.5. The van der Waals surface area contributed by atoms with Crippen molar-refractivity contribution in [2.24, 2.45) is 7.05 Å². The molecular formula is C16H15N3O3. The smallest absolute Gasteiger partial charge is 0.359 e. The van der Waals surface area contributed by atoms with E-state index in [0.29, 0.717) is 11.3 Å². The summed E-state index contributed by atoms with van der Waals surface area (Å²) in [6.07, 6.45) is 3.37. The van der Waals surface area contributed by atoms with Gasteiger partial charge in [0.25, 0.3) is 0 Å². The van der Waals surface area contributed by atoms with E-state index in [1.165, 1.54) is 0 Å². The largest absolute Gasteiger partial charge is 0.452 e. The molecule has 0 unspecified atom stereocenters. The highest BCUT2D eigenvalue weighted by molar-refractivity contribution is 5.98. The number of nitrogens with zero attached hydrogens (tertiary/aromatic N) is 3. The summed E-state index contributed by atoms with van der Waals surface area (Å²) in [5.74, 6) is -0.855. The first-order valence-corrected chi connectivity index (χ1v) is 6.82. The van der Waals surface area contributed by atoms with Gasteiger partial charge in [0.15, 0.2) is 12.3 Å². The second kappa shape index (κ2) is 5.48. The zero-order valence-corrected chi connectivity index (χ0v) is 12.3. The number of carbonyl (C=O) groups excluding carboxylic acids is 2. The Morgan fingerprint density at radius 2 is 2.05 bits per heavy atom. The van der Waals surface area contributed by atoms with Gasteiger partial charge in [0, 0.05) is 25.1 Å². The topological polar surface area (TPSA) is 65.6 Å². The van der Waals surface area contributed by atoms with Crippen LogP contribution in [0.15, 0.2) is 42.7 Å². The highest BCUT2D eigenvalue weighted by Crippen LogP contribution is 2.10. The molecular weight excluding hydrogens is 282 g/mol.